The van der Waals surface area contributed by atoms with Crippen LogP contribution in [0, 0.1) is 5.41 Å². The summed E-state index contributed by atoms with van der Waals surface area (Å²) >= 11 is 0. The van der Waals surface area contributed by atoms with Gasteiger partial charge in [-0.15, -0.1) is 0 Å². The fourth-order valence-electron chi connectivity index (χ4n) is 1.33. The van der Waals surface area contributed by atoms with E-state index in [2.05, 4.69) is 6.34 Å². The van der Waals surface area contributed by atoms with Crippen molar-refractivity contribution in [3.63, 3.8) is 0 Å². The minimum absolute atomic E-state index is 0. The molecular weight excluding hydrogens is 378 g/mol. The van der Waals surface area contributed by atoms with E-state index in [9.17, 15) is 4.79 Å². The van der Waals surface area contributed by atoms with E-state index < -0.39 is 5.60 Å². The Morgan fingerprint density at radius 3 is 2.12 bits per heavy atom. The Morgan fingerprint density at radius 1 is 1.25 bits per heavy atom. The maximum absolute atomic E-state index is 11.6. The van der Waals surface area contributed by atoms with Crippen LogP contribution in [0.2, 0.25) is 0 Å². The third kappa shape index (κ3) is 4.97. The van der Waals surface area contributed by atoms with Crippen LogP contribution in [0.15, 0.2) is 0 Å². The summed E-state index contributed by atoms with van der Waals surface area (Å²) in [6, 6.07) is 0. The molecule has 0 atom stereocenters. The van der Waals surface area contributed by atoms with Crippen LogP contribution in [0.25, 0.3) is 0 Å². The molecule has 1 heterocycles. The van der Waals surface area contributed by atoms with Crippen molar-refractivity contribution in [1.29, 1.82) is 5.41 Å². The second kappa shape index (κ2) is 6.23. The van der Waals surface area contributed by atoms with Crippen LogP contribution >= 0.6 is 0 Å². The van der Waals surface area contributed by atoms with Crippen molar-refractivity contribution >= 4 is 12.4 Å². The Morgan fingerprint density at radius 2 is 1.75 bits per heavy atom. The summed E-state index contributed by atoms with van der Waals surface area (Å²) in [5.41, 5.74) is -0.443. The van der Waals surface area contributed by atoms with Crippen molar-refractivity contribution in [2.75, 3.05) is 26.2 Å². The number of piperazine rings is 1. The Bertz CT molecular complexity index is 245. The average Bonchev–Trinajstić information content (AvgIpc) is 2.15. The van der Waals surface area contributed by atoms with Gasteiger partial charge in [-0.2, -0.15) is 0 Å². The smallest absolute Gasteiger partial charge is 0.410 e. The molecule has 0 radical (unpaired) electrons. The Kier molecular flexibility index (Phi) is 6.01. The molecule has 5 nitrogen and oxygen atoms in total. The van der Waals surface area contributed by atoms with Crippen LogP contribution in [-0.2, 0) is 25.8 Å². The van der Waals surface area contributed by atoms with Gasteiger partial charge in [-0.25, -0.2) is 4.79 Å². The average molecular weight is 396 g/mol. The second-order valence-corrected chi connectivity index (χ2v) is 4.57. The number of ether oxygens (including phenoxy) is 1. The zero-order valence-electron chi connectivity index (χ0n) is 9.95. The molecule has 1 aliphatic heterocycles. The van der Waals surface area contributed by atoms with E-state index >= 15 is 0 Å². The van der Waals surface area contributed by atoms with Gasteiger partial charge in [-0.3, -0.25) is 0 Å². The summed E-state index contributed by atoms with van der Waals surface area (Å²) in [6.45, 7) is 8.07. The number of rotatable bonds is 1. The third-order valence-electron chi connectivity index (χ3n) is 2.09. The molecule has 92 valence electrons. The SMILES string of the molecule is CC(C)(C)OC(=O)N1CCN([C-]=N)CC1.[W]. The van der Waals surface area contributed by atoms with Gasteiger partial charge in [0.15, 0.2) is 0 Å². The molecule has 1 N–H and O–H groups in total. The fourth-order valence-corrected chi connectivity index (χ4v) is 1.33. The number of nitrogens with zero attached hydrogens (tertiary/aromatic N) is 2. The zero-order valence-corrected chi connectivity index (χ0v) is 12.9. The number of hydrogen-bond acceptors (Lipinski definition) is 3. The van der Waals surface area contributed by atoms with E-state index in [1.54, 1.807) is 9.80 Å². The van der Waals surface area contributed by atoms with Gasteiger partial charge >= 0.3 is 6.09 Å². The van der Waals surface area contributed by atoms with Crippen LogP contribution < -0.4 is 0 Å². The van der Waals surface area contributed by atoms with E-state index in [0.717, 1.165) is 0 Å². The zero-order chi connectivity index (χ0) is 11.5. The summed E-state index contributed by atoms with van der Waals surface area (Å²) in [5, 5.41) is 6.96. The molecule has 0 bridgehead atoms. The van der Waals surface area contributed by atoms with Crippen LogP contribution in [0.4, 0.5) is 4.79 Å². The first-order chi connectivity index (χ1) is 6.92. The van der Waals surface area contributed by atoms with Crippen molar-refractivity contribution in [1.82, 2.24) is 9.80 Å². The second-order valence-electron chi connectivity index (χ2n) is 4.57. The van der Waals surface area contributed by atoms with Gasteiger partial charge in [0.2, 0.25) is 0 Å². The molecule has 1 aliphatic rings. The Balaban J connectivity index is 0.00000225. The van der Waals surface area contributed by atoms with E-state index in [1.165, 1.54) is 0 Å². The van der Waals surface area contributed by atoms with Gasteiger partial charge in [-0.05, 0) is 20.8 Å². The van der Waals surface area contributed by atoms with Crippen LogP contribution in [0.5, 0.6) is 0 Å². The summed E-state index contributed by atoms with van der Waals surface area (Å²) < 4.78 is 5.25. The maximum atomic E-state index is 11.6. The van der Waals surface area contributed by atoms with Gasteiger partial charge in [0, 0.05) is 47.2 Å². The predicted octanol–water partition coefficient (Wildman–Crippen LogP) is 1.02. The first-order valence-corrected chi connectivity index (χ1v) is 5.07. The molecule has 1 saturated heterocycles. The van der Waals surface area contributed by atoms with Crippen LogP contribution in [-0.4, -0.2) is 54.0 Å². The standard InChI is InChI=1S/C10H18N3O2.W/c1-10(2,3)15-9(14)13-6-4-12(8-11)5-7-13;/h11H,4-7H2,1-3H3;/q-1;. The normalized spacial score (nSPS) is 16.4. The van der Waals surface area contributed by atoms with Gasteiger partial charge in [0.05, 0.1) is 0 Å². The molecule has 0 unspecified atom stereocenters. The molecule has 0 aliphatic carbocycles. The molecule has 6 heteroatoms. The van der Waals surface area contributed by atoms with Crippen molar-refractivity contribution in [2.24, 2.45) is 0 Å². The molecule has 0 saturated carbocycles. The third-order valence-corrected chi connectivity index (χ3v) is 2.09. The Labute approximate surface area is 111 Å². The van der Waals surface area contributed by atoms with Gasteiger partial charge in [0.25, 0.3) is 0 Å². The van der Waals surface area contributed by atoms with E-state index in [4.69, 9.17) is 10.1 Å². The Hall–Kier alpha value is -0.572. The molecule has 0 aromatic carbocycles. The molecule has 0 aromatic rings. The topological polar surface area (TPSA) is 56.6 Å². The molecule has 1 rings (SSSR count). The van der Waals surface area contributed by atoms with Crippen molar-refractivity contribution < 1.29 is 30.6 Å². The molecule has 1 fully saturated rings. The van der Waals surface area contributed by atoms with Crippen LogP contribution in [0.3, 0.4) is 0 Å². The molecule has 0 spiro atoms. The number of hydrogen-bond donors (Lipinski definition) is 1. The summed E-state index contributed by atoms with van der Waals surface area (Å²) in [5.74, 6) is 0. The summed E-state index contributed by atoms with van der Waals surface area (Å²) in [7, 11) is 0. The van der Waals surface area contributed by atoms with Gasteiger partial charge in [0.1, 0.15) is 5.60 Å². The predicted molar refractivity (Wildman–Crippen MR) is 57.1 cm³/mol. The van der Waals surface area contributed by atoms with E-state index in [-0.39, 0.29) is 27.2 Å². The minimum atomic E-state index is -0.443. The van der Waals surface area contributed by atoms with Gasteiger partial charge in [-0.1, -0.05) is 0 Å². The minimum Gasteiger partial charge on any atom is -0.535 e. The summed E-state index contributed by atoms with van der Waals surface area (Å²) in [6.07, 6.45) is 2.04. The van der Waals surface area contributed by atoms with Crippen LogP contribution in [0.1, 0.15) is 20.8 Å². The van der Waals surface area contributed by atoms with Gasteiger partial charge < -0.3 is 26.3 Å². The van der Waals surface area contributed by atoms with E-state index in [0.29, 0.717) is 26.2 Å². The monoisotopic (exact) mass is 396 g/mol. The summed E-state index contributed by atoms with van der Waals surface area (Å²) in [4.78, 5) is 15.0. The number of carbonyl (C=O) groups excluding carboxylic acids is 1. The van der Waals surface area contributed by atoms with Crippen molar-refractivity contribution in [3.8, 4) is 0 Å². The van der Waals surface area contributed by atoms with Crippen molar-refractivity contribution in [2.45, 2.75) is 26.4 Å². The van der Waals surface area contributed by atoms with Crippen molar-refractivity contribution in [3.05, 3.63) is 0 Å². The molecule has 16 heavy (non-hydrogen) atoms. The molecule has 0 aromatic heterocycles. The first kappa shape index (κ1) is 15.4. The first-order valence-electron chi connectivity index (χ1n) is 5.07. The molecule has 1 amide bonds. The largest absolute Gasteiger partial charge is 0.535 e. The quantitative estimate of drug-likeness (QED) is 0.409. The number of amides is 1. The maximum Gasteiger partial charge on any atom is 0.410 e. The van der Waals surface area contributed by atoms with E-state index in [1.807, 2.05) is 20.8 Å². The molecular formula is C10H18N3O2W-. The fraction of sp³-hybridized carbons (Fsp3) is 0.800. The number of carbonyl (C=O) groups is 1. The number of nitrogens with one attached hydrogen (secondary N) is 1.